The minimum Gasteiger partial charge on any atom is -0.207 e. The van der Waals surface area contributed by atoms with Crippen LogP contribution < -0.4 is 0 Å². The van der Waals surface area contributed by atoms with Crippen molar-refractivity contribution >= 4 is 5.57 Å². The summed E-state index contributed by atoms with van der Waals surface area (Å²) < 4.78 is 14.3. The van der Waals surface area contributed by atoms with Gasteiger partial charge in [-0.1, -0.05) is 26.0 Å². The van der Waals surface area contributed by atoms with Gasteiger partial charge in [-0.05, 0) is 41.9 Å². The summed E-state index contributed by atoms with van der Waals surface area (Å²) >= 11 is 0. The minimum atomic E-state index is -0.110. The Hall–Kier alpha value is -1.62. The van der Waals surface area contributed by atoms with Crippen LogP contribution in [-0.4, -0.2) is 0 Å². The van der Waals surface area contributed by atoms with Gasteiger partial charge in [-0.25, -0.2) is 4.39 Å². The molecule has 1 spiro atoms. The number of allylic oxidation sites excluding steroid dienone is 2. The highest BCUT2D eigenvalue weighted by molar-refractivity contribution is 5.75. The number of nitriles is 1. The fraction of sp³-hybridized carbons (Fsp3) is 0.438. The Bertz CT molecular complexity index is 586. The molecule has 0 heterocycles. The molecule has 0 unspecified atom stereocenters. The fourth-order valence-corrected chi connectivity index (χ4v) is 3.62. The average Bonchev–Trinajstić information content (AvgIpc) is 3.08. The number of hydrogen-bond acceptors (Lipinski definition) is 1. The van der Waals surface area contributed by atoms with E-state index in [2.05, 4.69) is 19.9 Å². The highest BCUT2D eigenvalue weighted by atomic mass is 19.1. The van der Waals surface area contributed by atoms with Gasteiger partial charge in [0.25, 0.3) is 0 Å². The predicted octanol–water partition coefficient (Wildman–Crippen LogP) is 4.19. The third-order valence-electron chi connectivity index (χ3n) is 4.75. The maximum absolute atomic E-state index is 14.3. The van der Waals surface area contributed by atoms with E-state index >= 15 is 0 Å². The zero-order valence-corrected chi connectivity index (χ0v) is 10.8. The van der Waals surface area contributed by atoms with E-state index in [9.17, 15) is 4.39 Å². The normalized spacial score (nSPS) is 24.7. The number of nitrogens with zero attached hydrogens (tertiary/aromatic N) is 1. The zero-order valence-electron chi connectivity index (χ0n) is 10.8. The smallest absolute Gasteiger partial charge is 0.127 e. The summed E-state index contributed by atoms with van der Waals surface area (Å²) in [5.41, 5.74) is 2.82. The second-order valence-corrected chi connectivity index (χ2v) is 6.10. The van der Waals surface area contributed by atoms with Crippen molar-refractivity contribution in [2.75, 3.05) is 0 Å². The second kappa shape index (κ2) is 3.45. The summed E-state index contributed by atoms with van der Waals surface area (Å²) in [5.74, 6) is -0.110. The van der Waals surface area contributed by atoms with Crippen molar-refractivity contribution in [2.45, 2.75) is 38.5 Å². The molecule has 1 saturated carbocycles. The van der Waals surface area contributed by atoms with Gasteiger partial charge in [0.15, 0.2) is 0 Å². The van der Waals surface area contributed by atoms with Crippen LogP contribution in [0.4, 0.5) is 4.39 Å². The Morgan fingerprint density at radius 1 is 1.33 bits per heavy atom. The average molecular weight is 241 g/mol. The number of benzene rings is 1. The van der Waals surface area contributed by atoms with Gasteiger partial charge in [0.2, 0.25) is 0 Å². The standard InChI is InChI=1S/C16H16FN/c1-15(2)10-11(6-9-18)12-4-3-5-13(17)14(12)16(15)7-8-16/h3-6H,7-8,10H2,1-2H3/b11-6+. The first-order valence-electron chi connectivity index (χ1n) is 6.40. The predicted molar refractivity (Wildman–Crippen MR) is 69.3 cm³/mol. The molecule has 0 N–H and O–H groups in total. The highest BCUT2D eigenvalue weighted by Gasteiger charge is 2.59. The molecule has 3 rings (SSSR count). The summed E-state index contributed by atoms with van der Waals surface area (Å²) in [4.78, 5) is 0. The van der Waals surface area contributed by atoms with Crippen molar-refractivity contribution < 1.29 is 4.39 Å². The van der Waals surface area contributed by atoms with Gasteiger partial charge < -0.3 is 0 Å². The molecule has 0 aromatic heterocycles. The van der Waals surface area contributed by atoms with Crippen LogP contribution in [-0.2, 0) is 5.41 Å². The van der Waals surface area contributed by atoms with Gasteiger partial charge in [-0.2, -0.15) is 5.26 Å². The first-order chi connectivity index (χ1) is 8.52. The Kier molecular flexibility index (Phi) is 2.20. The Balaban J connectivity index is 2.30. The monoisotopic (exact) mass is 241 g/mol. The highest BCUT2D eigenvalue weighted by Crippen LogP contribution is 2.66. The summed E-state index contributed by atoms with van der Waals surface area (Å²) in [6, 6.07) is 7.34. The lowest BCUT2D eigenvalue weighted by molar-refractivity contribution is 0.255. The minimum absolute atomic E-state index is 0.000469. The maximum Gasteiger partial charge on any atom is 0.127 e. The van der Waals surface area contributed by atoms with E-state index < -0.39 is 0 Å². The van der Waals surface area contributed by atoms with Crippen LogP contribution in [0.3, 0.4) is 0 Å². The van der Waals surface area contributed by atoms with Crippen LogP contribution in [0.5, 0.6) is 0 Å². The lowest BCUT2D eigenvalue weighted by atomic mass is 9.62. The number of halogens is 1. The molecule has 2 aliphatic carbocycles. The third kappa shape index (κ3) is 1.31. The molecule has 2 heteroatoms. The van der Waals surface area contributed by atoms with Crippen molar-refractivity contribution in [3.63, 3.8) is 0 Å². The van der Waals surface area contributed by atoms with Gasteiger partial charge in [-0.3, -0.25) is 0 Å². The fourth-order valence-electron chi connectivity index (χ4n) is 3.62. The molecular weight excluding hydrogens is 225 g/mol. The summed E-state index contributed by atoms with van der Waals surface area (Å²) in [6.45, 7) is 4.39. The topological polar surface area (TPSA) is 23.8 Å². The molecule has 0 radical (unpaired) electrons. The van der Waals surface area contributed by atoms with E-state index in [4.69, 9.17) is 5.26 Å². The van der Waals surface area contributed by atoms with Crippen LogP contribution in [0.25, 0.3) is 5.57 Å². The molecular formula is C16H16FN. The molecule has 1 fully saturated rings. The lowest BCUT2D eigenvalue weighted by Gasteiger charge is -2.42. The Labute approximate surface area is 107 Å². The van der Waals surface area contributed by atoms with Crippen LogP contribution in [0, 0.1) is 22.6 Å². The molecule has 0 amide bonds. The molecule has 1 aromatic rings. The third-order valence-corrected chi connectivity index (χ3v) is 4.75. The van der Waals surface area contributed by atoms with Crippen molar-refractivity contribution in [1.82, 2.24) is 0 Å². The molecule has 0 aliphatic heterocycles. The van der Waals surface area contributed by atoms with Gasteiger partial charge >= 0.3 is 0 Å². The van der Waals surface area contributed by atoms with Crippen LogP contribution in [0.15, 0.2) is 24.3 Å². The largest absolute Gasteiger partial charge is 0.207 e. The number of rotatable bonds is 0. The number of hydrogen-bond donors (Lipinski definition) is 0. The Morgan fingerprint density at radius 2 is 2.06 bits per heavy atom. The molecule has 0 bridgehead atoms. The lowest BCUT2D eigenvalue weighted by Crippen LogP contribution is -2.35. The van der Waals surface area contributed by atoms with E-state index in [0.717, 1.165) is 36.0 Å². The van der Waals surface area contributed by atoms with Crippen LogP contribution in [0.2, 0.25) is 0 Å². The van der Waals surface area contributed by atoms with Crippen LogP contribution in [0.1, 0.15) is 44.2 Å². The first-order valence-corrected chi connectivity index (χ1v) is 6.40. The van der Waals surface area contributed by atoms with E-state index in [-0.39, 0.29) is 16.6 Å². The van der Waals surface area contributed by atoms with Crippen molar-refractivity contribution in [1.29, 1.82) is 5.26 Å². The van der Waals surface area contributed by atoms with Crippen molar-refractivity contribution in [3.8, 4) is 6.07 Å². The van der Waals surface area contributed by atoms with E-state index in [1.807, 2.05) is 6.07 Å². The molecule has 1 nitrogen and oxygen atoms in total. The first kappa shape index (κ1) is 11.5. The molecule has 1 aromatic carbocycles. The molecule has 92 valence electrons. The van der Waals surface area contributed by atoms with Gasteiger partial charge in [0, 0.05) is 17.1 Å². The van der Waals surface area contributed by atoms with Gasteiger partial charge in [0.1, 0.15) is 5.82 Å². The molecule has 18 heavy (non-hydrogen) atoms. The molecule has 2 aliphatic rings. The maximum atomic E-state index is 14.3. The van der Waals surface area contributed by atoms with Crippen molar-refractivity contribution in [3.05, 3.63) is 41.2 Å². The quantitative estimate of drug-likeness (QED) is 0.625. The summed E-state index contributed by atoms with van der Waals surface area (Å²) in [6.07, 6.45) is 4.56. The van der Waals surface area contributed by atoms with Crippen LogP contribution >= 0.6 is 0 Å². The molecule has 0 atom stereocenters. The Morgan fingerprint density at radius 3 is 2.67 bits per heavy atom. The SMILES string of the molecule is CC1(C)C/C(=C\C#N)c2cccc(F)c2C12CC2. The van der Waals surface area contributed by atoms with Gasteiger partial charge in [0.05, 0.1) is 6.07 Å². The van der Waals surface area contributed by atoms with Crippen molar-refractivity contribution in [2.24, 2.45) is 5.41 Å². The van der Waals surface area contributed by atoms with E-state index in [0.29, 0.717) is 0 Å². The van der Waals surface area contributed by atoms with E-state index in [1.54, 1.807) is 18.2 Å². The molecule has 0 saturated heterocycles. The number of fused-ring (bicyclic) bond motifs is 2. The summed E-state index contributed by atoms with van der Waals surface area (Å²) in [5, 5.41) is 8.91. The summed E-state index contributed by atoms with van der Waals surface area (Å²) in [7, 11) is 0. The van der Waals surface area contributed by atoms with E-state index in [1.165, 1.54) is 0 Å². The van der Waals surface area contributed by atoms with Gasteiger partial charge in [-0.15, -0.1) is 0 Å². The zero-order chi connectivity index (χ0) is 13.0. The second-order valence-electron chi connectivity index (χ2n) is 6.10.